The molecule has 31 valence electrons. The molecule has 5 heavy (non-hydrogen) atoms. The normalized spacial score (nSPS) is 9.60. The molecule has 0 saturated heterocycles. The molecule has 2 heteroatoms. The first-order valence-corrected chi connectivity index (χ1v) is 8.42. The predicted molar refractivity (Wildman–Crippen MR) is 31.3 cm³/mol. The molecular weight excluding hydrogens is 189 g/mol. The molecular formula is C3H8BrGe. The van der Waals surface area contributed by atoms with Crippen molar-refractivity contribution in [2.45, 2.75) is 11.5 Å². The Morgan fingerprint density at radius 1 is 1.60 bits per heavy atom. The van der Waals surface area contributed by atoms with E-state index < -0.39 is 14.3 Å². The SMILES string of the molecule is [CH3][Ge]([CH3])[CH2]Br. The van der Waals surface area contributed by atoms with Crippen LogP contribution in [0.2, 0.25) is 11.5 Å². The van der Waals surface area contributed by atoms with Gasteiger partial charge in [-0.05, 0) is 0 Å². The summed E-state index contributed by atoms with van der Waals surface area (Å²) in [7, 11) is 0. The summed E-state index contributed by atoms with van der Waals surface area (Å²) in [6.45, 7) is 0. The van der Waals surface area contributed by atoms with Crippen LogP contribution in [0.3, 0.4) is 0 Å². The molecule has 0 atom stereocenters. The summed E-state index contributed by atoms with van der Waals surface area (Å²) in [5, 5.41) is 0. The summed E-state index contributed by atoms with van der Waals surface area (Å²) >= 11 is 2.95. The van der Waals surface area contributed by atoms with E-state index in [-0.39, 0.29) is 0 Å². The van der Waals surface area contributed by atoms with Crippen molar-refractivity contribution in [3.63, 3.8) is 0 Å². The molecule has 0 N–H and O–H groups in total. The van der Waals surface area contributed by atoms with Crippen molar-refractivity contribution < 1.29 is 0 Å². The zero-order chi connectivity index (χ0) is 4.28. The van der Waals surface area contributed by atoms with Crippen LogP contribution in [-0.4, -0.2) is 18.5 Å². The average molecular weight is 197 g/mol. The molecule has 0 aromatic carbocycles. The fourth-order valence-electron chi connectivity index (χ4n) is 0. The van der Waals surface area contributed by atoms with Gasteiger partial charge in [-0.1, -0.05) is 0 Å². The third kappa shape index (κ3) is 5.02. The summed E-state index contributed by atoms with van der Waals surface area (Å²) < 4.78 is 1.28. The van der Waals surface area contributed by atoms with E-state index >= 15 is 0 Å². The van der Waals surface area contributed by atoms with Crippen molar-refractivity contribution >= 4 is 30.3 Å². The van der Waals surface area contributed by atoms with E-state index in [1.54, 1.807) is 0 Å². The molecule has 0 bridgehead atoms. The molecule has 0 aromatic heterocycles. The van der Waals surface area contributed by atoms with Crippen LogP contribution in [0.5, 0.6) is 0 Å². The van der Waals surface area contributed by atoms with E-state index in [0.29, 0.717) is 0 Å². The number of alkyl halides is 1. The van der Waals surface area contributed by atoms with Gasteiger partial charge in [-0.3, -0.25) is 0 Å². The zero-order valence-electron chi connectivity index (χ0n) is 3.59. The molecule has 0 nitrogen and oxygen atoms in total. The summed E-state index contributed by atoms with van der Waals surface area (Å²) in [5.41, 5.74) is 0. The quantitative estimate of drug-likeness (QED) is 0.442. The summed E-state index contributed by atoms with van der Waals surface area (Å²) in [4.78, 5) is 0. The molecule has 1 radical (unpaired) electrons. The molecule has 0 aliphatic rings. The summed E-state index contributed by atoms with van der Waals surface area (Å²) in [6.07, 6.45) is 0. The molecule has 0 spiro atoms. The van der Waals surface area contributed by atoms with Crippen molar-refractivity contribution in [3.05, 3.63) is 0 Å². The number of hydrogen-bond acceptors (Lipinski definition) is 0. The van der Waals surface area contributed by atoms with E-state index in [2.05, 4.69) is 27.4 Å². The first-order valence-electron chi connectivity index (χ1n) is 1.62. The van der Waals surface area contributed by atoms with Crippen molar-refractivity contribution in [2.75, 3.05) is 4.16 Å². The Hall–Kier alpha value is 1.02. The van der Waals surface area contributed by atoms with Crippen LogP contribution in [0.4, 0.5) is 0 Å². The molecule has 0 heterocycles. The summed E-state index contributed by atoms with van der Waals surface area (Å²) in [5.74, 6) is 4.68. The minimum atomic E-state index is -0.440. The van der Waals surface area contributed by atoms with E-state index in [9.17, 15) is 0 Å². The van der Waals surface area contributed by atoms with Gasteiger partial charge in [0, 0.05) is 0 Å². The first-order chi connectivity index (χ1) is 2.27. The topological polar surface area (TPSA) is 0 Å². The second-order valence-corrected chi connectivity index (χ2v) is 9.88. The van der Waals surface area contributed by atoms with Crippen LogP contribution in [0, 0.1) is 0 Å². The summed E-state index contributed by atoms with van der Waals surface area (Å²) in [6, 6.07) is 0. The first kappa shape index (κ1) is 6.02. The van der Waals surface area contributed by atoms with Crippen LogP contribution in [-0.2, 0) is 0 Å². The van der Waals surface area contributed by atoms with Gasteiger partial charge in [0.05, 0.1) is 0 Å². The van der Waals surface area contributed by atoms with Gasteiger partial charge in [0.25, 0.3) is 0 Å². The molecule has 0 amide bonds. The fourth-order valence-corrected chi connectivity index (χ4v) is 0. The Labute approximate surface area is 46.2 Å². The predicted octanol–water partition coefficient (Wildman–Crippen LogP) is 1.67. The number of hydrogen-bond donors (Lipinski definition) is 0. The minimum absolute atomic E-state index is 0.440. The van der Waals surface area contributed by atoms with Crippen molar-refractivity contribution in [2.24, 2.45) is 0 Å². The van der Waals surface area contributed by atoms with Crippen LogP contribution >= 0.6 is 15.9 Å². The van der Waals surface area contributed by atoms with Gasteiger partial charge in [-0.15, -0.1) is 0 Å². The van der Waals surface area contributed by atoms with E-state index in [4.69, 9.17) is 0 Å². The second-order valence-electron chi connectivity index (χ2n) is 1.34. The van der Waals surface area contributed by atoms with Crippen molar-refractivity contribution in [3.8, 4) is 0 Å². The molecule has 0 aliphatic carbocycles. The van der Waals surface area contributed by atoms with Gasteiger partial charge in [-0.25, -0.2) is 0 Å². The average Bonchev–Trinajstić information content (AvgIpc) is 1.38. The monoisotopic (exact) mass is 197 g/mol. The third-order valence-corrected chi connectivity index (χ3v) is 7.22. The van der Waals surface area contributed by atoms with Crippen molar-refractivity contribution in [1.82, 2.24) is 0 Å². The molecule has 0 saturated carbocycles. The van der Waals surface area contributed by atoms with Crippen LogP contribution in [0.25, 0.3) is 0 Å². The van der Waals surface area contributed by atoms with Gasteiger partial charge < -0.3 is 0 Å². The maximum absolute atomic E-state index is 3.39. The maximum atomic E-state index is 3.39. The Kier molecular flexibility index (Phi) is 3.88. The Balaban J connectivity index is 2.54. The van der Waals surface area contributed by atoms with E-state index in [0.717, 1.165) is 0 Å². The Morgan fingerprint density at radius 2 is 1.80 bits per heavy atom. The molecule has 0 aliphatic heterocycles. The van der Waals surface area contributed by atoms with Crippen LogP contribution in [0.15, 0.2) is 0 Å². The number of halogens is 1. The van der Waals surface area contributed by atoms with Crippen LogP contribution < -0.4 is 0 Å². The van der Waals surface area contributed by atoms with Crippen molar-refractivity contribution in [1.29, 1.82) is 0 Å². The molecule has 0 rings (SSSR count). The fraction of sp³-hybridized carbons (Fsp3) is 1.00. The second kappa shape index (κ2) is 3.22. The number of rotatable bonds is 1. The van der Waals surface area contributed by atoms with E-state index in [1.165, 1.54) is 4.16 Å². The van der Waals surface area contributed by atoms with Gasteiger partial charge in [0.15, 0.2) is 0 Å². The van der Waals surface area contributed by atoms with Gasteiger partial charge in [0.1, 0.15) is 0 Å². The van der Waals surface area contributed by atoms with E-state index in [1.807, 2.05) is 0 Å². The molecule has 0 aromatic rings. The van der Waals surface area contributed by atoms with Gasteiger partial charge >= 0.3 is 46.0 Å². The standard InChI is InChI=1S/C3H8BrGe/c1-5(2)3-4/h3H2,1-2H3. The van der Waals surface area contributed by atoms with Crippen LogP contribution in [0.1, 0.15) is 0 Å². The Bertz CT molecular complexity index is 20.9. The molecule has 0 fully saturated rings. The van der Waals surface area contributed by atoms with Gasteiger partial charge in [0.2, 0.25) is 0 Å². The molecule has 0 unspecified atom stereocenters. The third-order valence-electron chi connectivity index (χ3n) is 0.267. The zero-order valence-corrected chi connectivity index (χ0v) is 7.27. The van der Waals surface area contributed by atoms with Gasteiger partial charge in [-0.2, -0.15) is 0 Å². The Morgan fingerprint density at radius 3 is 1.80 bits per heavy atom.